The van der Waals surface area contributed by atoms with Crippen molar-refractivity contribution in [2.75, 3.05) is 12.4 Å². The van der Waals surface area contributed by atoms with Crippen molar-refractivity contribution in [3.05, 3.63) is 75.0 Å². The number of nitrogens with zero attached hydrogens (tertiary/aromatic N) is 2. The quantitative estimate of drug-likeness (QED) is 0.485. The van der Waals surface area contributed by atoms with Crippen LogP contribution in [0.5, 0.6) is 5.88 Å². The Kier molecular flexibility index (Phi) is 6.12. The molecule has 2 N–H and O–H groups in total. The third-order valence-electron chi connectivity index (χ3n) is 7.62. The molecule has 2 bridgehead atoms. The monoisotopic (exact) mass is 524 g/mol. The number of amides is 2. The molecular weight excluding hydrogens is 499 g/mol. The fraction of sp³-hybridized carbons (Fsp3) is 0.370. The molecule has 0 unspecified atom stereocenters. The van der Waals surface area contributed by atoms with Gasteiger partial charge in [0.25, 0.3) is 0 Å². The summed E-state index contributed by atoms with van der Waals surface area (Å²) < 4.78 is 26.2. The number of H-pyrrole nitrogens is 1. The molecule has 0 radical (unpaired) electrons. The summed E-state index contributed by atoms with van der Waals surface area (Å²) in [6.07, 6.45) is 7.46. The van der Waals surface area contributed by atoms with Gasteiger partial charge in [-0.15, -0.1) is 0 Å². The number of carbonyl (C=O) groups is 1. The van der Waals surface area contributed by atoms with Crippen molar-refractivity contribution < 1.29 is 18.7 Å². The number of aromatic nitrogens is 2. The Morgan fingerprint density at radius 2 is 2.05 bits per heavy atom. The van der Waals surface area contributed by atoms with Gasteiger partial charge in [-0.2, -0.15) is 0 Å². The largest absolute Gasteiger partial charge is 0.474 e. The second kappa shape index (κ2) is 9.46. The number of nitrogens with one attached hydrogen (secondary N) is 2. The summed E-state index contributed by atoms with van der Waals surface area (Å²) in [4.78, 5) is 33.7. The van der Waals surface area contributed by atoms with Crippen LogP contribution in [0.15, 0.2) is 47.5 Å². The highest BCUT2D eigenvalue weighted by Crippen LogP contribution is 2.43. The van der Waals surface area contributed by atoms with Gasteiger partial charge in [0.2, 0.25) is 11.4 Å². The molecule has 2 aromatic heterocycles. The molecule has 2 aliphatic heterocycles. The third-order valence-corrected chi connectivity index (χ3v) is 7.93. The molecule has 8 nitrogen and oxygen atoms in total. The van der Waals surface area contributed by atoms with E-state index >= 15 is 4.39 Å². The molecule has 3 aromatic rings. The van der Waals surface area contributed by atoms with Crippen molar-refractivity contribution in [1.82, 2.24) is 14.9 Å². The summed E-state index contributed by atoms with van der Waals surface area (Å²) in [6, 6.07) is 7.26. The molecule has 1 saturated carbocycles. The van der Waals surface area contributed by atoms with Crippen LogP contribution in [0.3, 0.4) is 0 Å². The Morgan fingerprint density at radius 3 is 2.81 bits per heavy atom. The second-order valence-corrected chi connectivity index (χ2v) is 10.2. The van der Waals surface area contributed by atoms with Crippen molar-refractivity contribution in [2.45, 2.75) is 56.4 Å². The minimum Gasteiger partial charge on any atom is -0.474 e. The molecule has 6 rings (SSSR count). The molecule has 1 aromatic carbocycles. The average Bonchev–Trinajstić information content (AvgIpc) is 3.18. The molecule has 10 heteroatoms. The van der Waals surface area contributed by atoms with Crippen molar-refractivity contribution in [2.24, 2.45) is 0 Å². The first-order valence-corrected chi connectivity index (χ1v) is 12.7. The first-order chi connectivity index (χ1) is 17.9. The van der Waals surface area contributed by atoms with E-state index < -0.39 is 5.82 Å². The van der Waals surface area contributed by atoms with Crippen LogP contribution in [0.25, 0.3) is 11.1 Å². The zero-order valence-corrected chi connectivity index (χ0v) is 20.9. The predicted octanol–water partition coefficient (Wildman–Crippen LogP) is 5.08. The molecular formula is C27H26ClFN4O4. The van der Waals surface area contributed by atoms with Gasteiger partial charge in [0, 0.05) is 61.6 Å². The van der Waals surface area contributed by atoms with Crippen LogP contribution in [0.2, 0.25) is 5.02 Å². The predicted molar refractivity (Wildman–Crippen MR) is 136 cm³/mol. The van der Waals surface area contributed by atoms with Crippen LogP contribution in [0.1, 0.15) is 42.9 Å². The zero-order chi connectivity index (χ0) is 25.7. The molecule has 0 spiro atoms. The highest BCUT2D eigenvalue weighted by molar-refractivity contribution is 6.33. The van der Waals surface area contributed by atoms with Gasteiger partial charge in [0.05, 0.1) is 22.9 Å². The standard InChI is InChI=1S/C27H26ClFN4O4/c1-36-17-8-18(9-17)37-26-5-2-14(12-31-26)19-10-22(29)23(11-21(19)28)32-27(35)33-16-3-4-24(33)20-13-30-25(34)7-15(20)6-16/h2,5,7,10-13,16-18,24H,3-4,6,8-9H2,1H3,(H,30,34)(H,32,35)/t16-,17-,18+,24+/m0/s1. The summed E-state index contributed by atoms with van der Waals surface area (Å²) >= 11 is 6.51. The Hall–Kier alpha value is -3.43. The van der Waals surface area contributed by atoms with Gasteiger partial charge in [0.15, 0.2) is 0 Å². The van der Waals surface area contributed by atoms with E-state index in [0.717, 1.165) is 36.8 Å². The van der Waals surface area contributed by atoms with Crippen molar-refractivity contribution in [1.29, 1.82) is 0 Å². The van der Waals surface area contributed by atoms with Gasteiger partial charge in [-0.05, 0) is 48.6 Å². The van der Waals surface area contributed by atoms with E-state index in [1.807, 2.05) is 0 Å². The number of ether oxygens (including phenoxy) is 2. The smallest absolute Gasteiger partial charge is 0.322 e. The highest BCUT2D eigenvalue weighted by Gasteiger charge is 2.43. The molecule has 1 aliphatic carbocycles. The zero-order valence-electron chi connectivity index (χ0n) is 20.2. The molecule has 192 valence electrons. The minimum atomic E-state index is -0.595. The Bertz CT molecular complexity index is 1410. The van der Waals surface area contributed by atoms with Gasteiger partial charge >= 0.3 is 6.03 Å². The maximum absolute atomic E-state index is 15.1. The number of carbonyl (C=O) groups excluding carboxylic acids is 1. The number of anilines is 1. The number of pyridine rings is 2. The number of hydrogen-bond acceptors (Lipinski definition) is 5. The van der Waals surface area contributed by atoms with Crippen molar-refractivity contribution >= 4 is 23.3 Å². The minimum absolute atomic E-state index is 0.0102. The first kappa shape index (κ1) is 23.9. The van der Waals surface area contributed by atoms with Crippen LogP contribution < -0.4 is 15.6 Å². The molecule has 37 heavy (non-hydrogen) atoms. The van der Waals surface area contributed by atoms with E-state index in [1.54, 1.807) is 42.6 Å². The van der Waals surface area contributed by atoms with Crippen LogP contribution in [0, 0.1) is 5.82 Å². The SMILES string of the molecule is CO[C@H]1C[C@@H](Oc2ccc(-c3cc(F)c(NC(=O)N4[C@H]5CC[C@@H]4c4c[nH]c(=O)cc4C5)cc3Cl)cn2)C1. The van der Waals surface area contributed by atoms with E-state index in [4.69, 9.17) is 21.1 Å². The first-order valence-electron chi connectivity index (χ1n) is 12.4. The molecule has 2 fully saturated rings. The van der Waals surface area contributed by atoms with E-state index in [2.05, 4.69) is 15.3 Å². The average molecular weight is 525 g/mol. The molecule has 2 atom stereocenters. The topological polar surface area (TPSA) is 96.5 Å². The van der Waals surface area contributed by atoms with Crippen LogP contribution in [-0.4, -0.2) is 46.3 Å². The number of rotatable bonds is 5. The Morgan fingerprint density at radius 1 is 1.22 bits per heavy atom. The molecule has 4 heterocycles. The number of benzene rings is 1. The van der Waals surface area contributed by atoms with Gasteiger partial charge in [0.1, 0.15) is 11.9 Å². The lowest BCUT2D eigenvalue weighted by atomic mass is 9.92. The summed E-state index contributed by atoms with van der Waals surface area (Å²) in [6.45, 7) is 0. The van der Waals surface area contributed by atoms with E-state index in [0.29, 0.717) is 28.5 Å². The summed E-state index contributed by atoms with van der Waals surface area (Å²) in [5.41, 5.74) is 2.87. The number of urea groups is 1. The molecule has 3 aliphatic rings. The lowest BCUT2D eigenvalue weighted by Crippen LogP contribution is -2.44. The van der Waals surface area contributed by atoms with Crippen LogP contribution in [0.4, 0.5) is 14.9 Å². The number of fused-ring (bicyclic) bond motifs is 4. The fourth-order valence-electron chi connectivity index (χ4n) is 5.59. The third kappa shape index (κ3) is 4.46. The van der Waals surface area contributed by atoms with Crippen molar-refractivity contribution in [3.8, 4) is 17.0 Å². The lowest BCUT2D eigenvalue weighted by Gasteiger charge is -2.36. The molecule has 1 saturated heterocycles. The highest BCUT2D eigenvalue weighted by atomic mass is 35.5. The maximum atomic E-state index is 15.1. The van der Waals surface area contributed by atoms with E-state index in [1.165, 1.54) is 12.1 Å². The summed E-state index contributed by atoms with van der Waals surface area (Å²) in [5.74, 6) is -0.104. The normalized spacial score (nSPS) is 23.8. The van der Waals surface area contributed by atoms with Gasteiger partial charge in [-0.25, -0.2) is 14.2 Å². The lowest BCUT2D eigenvalue weighted by molar-refractivity contribution is -0.0396. The fourth-order valence-corrected chi connectivity index (χ4v) is 5.86. The second-order valence-electron chi connectivity index (χ2n) is 9.83. The Balaban J connectivity index is 1.16. The van der Waals surface area contributed by atoms with Gasteiger partial charge in [-0.3, -0.25) is 4.79 Å². The van der Waals surface area contributed by atoms with Crippen LogP contribution >= 0.6 is 11.6 Å². The van der Waals surface area contributed by atoms with E-state index in [-0.39, 0.29) is 41.6 Å². The molecule has 2 amide bonds. The van der Waals surface area contributed by atoms with Crippen LogP contribution in [-0.2, 0) is 11.2 Å². The summed E-state index contributed by atoms with van der Waals surface area (Å²) in [5, 5.41) is 2.99. The Labute approximate surface area is 217 Å². The van der Waals surface area contributed by atoms with E-state index in [9.17, 15) is 9.59 Å². The summed E-state index contributed by atoms with van der Waals surface area (Å²) in [7, 11) is 1.69. The number of methoxy groups -OCH3 is 1. The number of hydrogen-bond donors (Lipinski definition) is 2. The maximum Gasteiger partial charge on any atom is 0.322 e. The van der Waals surface area contributed by atoms with Gasteiger partial charge in [-0.1, -0.05) is 11.6 Å². The number of aromatic amines is 1. The van der Waals surface area contributed by atoms with Crippen molar-refractivity contribution in [3.63, 3.8) is 0 Å². The van der Waals surface area contributed by atoms with Gasteiger partial charge < -0.3 is 24.7 Å². The number of halogens is 2.